The van der Waals surface area contributed by atoms with E-state index in [1.807, 2.05) is 32.0 Å². The molecule has 0 saturated carbocycles. The summed E-state index contributed by atoms with van der Waals surface area (Å²) in [5.41, 5.74) is 4.80. The lowest BCUT2D eigenvalue weighted by atomic mass is 10.0. The highest BCUT2D eigenvalue weighted by molar-refractivity contribution is 7.92. The third-order valence-corrected chi connectivity index (χ3v) is 6.85. The van der Waals surface area contributed by atoms with Crippen molar-refractivity contribution < 1.29 is 13.2 Å². The number of carbonyl (C=O) groups excluding carboxylic acids is 1. The number of hydrogen-bond acceptors (Lipinski definition) is 4. The molecule has 0 spiro atoms. The number of nitrogens with one attached hydrogen (secondary N) is 3. The minimum atomic E-state index is -3.73. The van der Waals surface area contributed by atoms with Crippen molar-refractivity contribution in [2.45, 2.75) is 38.5 Å². The van der Waals surface area contributed by atoms with Gasteiger partial charge in [0.2, 0.25) is 0 Å². The summed E-state index contributed by atoms with van der Waals surface area (Å²) in [6.45, 7) is 8.07. The first-order valence-electron chi connectivity index (χ1n) is 10.5. The number of aryl methyl sites for hydroxylation is 2. The highest BCUT2D eigenvalue weighted by Crippen LogP contribution is 2.20. The number of amides is 1. The molecule has 0 radical (unpaired) electrons. The lowest BCUT2D eigenvalue weighted by Crippen LogP contribution is -2.34. The molecule has 0 bridgehead atoms. The largest absolute Gasteiger partial charge is 0.332 e. The van der Waals surface area contributed by atoms with Gasteiger partial charge in [-0.05, 0) is 97.2 Å². The van der Waals surface area contributed by atoms with Crippen LogP contribution in [-0.4, -0.2) is 19.4 Å². The average molecular weight is 482 g/mol. The van der Waals surface area contributed by atoms with Gasteiger partial charge in [-0.15, -0.1) is 0 Å². The van der Waals surface area contributed by atoms with E-state index >= 15 is 0 Å². The molecule has 0 heterocycles. The summed E-state index contributed by atoms with van der Waals surface area (Å²) in [6, 6.07) is 18.9. The molecule has 0 fully saturated rings. The zero-order valence-corrected chi connectivity index (χ0v) is 20.6. The van der Waals surface area contributed by atoms with Gasteiger partial charge in [0, 0.05) is 16.9 Å². The van der Waals surface area contributed by atoms with Gasteiger partial charge in [-0.3, -0.25) is 14.8 Å². The van der Waals surface area contributed by atoms with Crippen molar-refractivity contribution in [1.82, 2.24) is 5.32 Å². The van der Waals surface area contributed by atoms with Crippen LogP contribution in [0.25, 0.3) is 0 Å². The van der Waals surface area contributed by atoms with Crippen molar-refractivity contribution >= 4 is 44.6 Å². The normalized spacial score (nSPS) is 11.2. The van der Waals surface area contributed by atoms with E-state index in [9.17, 15) is 13.2 Å². The van der Waals surface area contributed by atoms with Crippen molar-refractivity contribution in [1.29, 1.82) is 0 Å². The van der Waals surface area contributed by atoms with Gasteiger partial charge in [0.25, 0.3) is 15.9 Å². The van der Waals surface area contributed by atoms with Gasteiger partial charge in [-0.1, -0.05) is 32.0 Å². The van der Waals surface area contributed by atoms with Crippen LogP contribution in [0, 0.1) is 13.8 Å². The third kappa shape index (κ3) is 6.40. The number of anilines is 2. The lowest BCUT2D eigenvalue weighted by molar-refractivity contribution is 0.0977. The quantitative estimate of drug-likeness (QED) is 0.413. The molecule has 0 aliphatic heterocycles. The molecule has 0 unspecified atom stereocenters. The molecule has 1 amide bonds. The first-order valence-corrected chi connectivity index (χ1v) is 12.4. The molecule has 172 valence electrons. The molecule has 3 aromatic rings. The smallest absolute Gasteiger partial charge is 0.261 e. The Morgan fingerprint density at radius 2 is 1.45 bits per heavy atom. The van der Waals surface area contributed by atoms with Crippen molar-refractivity contribution in [2.24, 2.45) is 0 Å². The molecule has 0 saturated heterocycles. The Bertz CT molecular complexity index is 1270. The molecule has 33 heavy (non-hydrogen) atoms. The predicted octanol–water partition coefficient (Wildman–Crippen LogP) is 5.35. The van der Waals surface area contributed by atoms with E-state index < -0.39 is 10.0 Å². The van der Waals surface area contributed by atoms with Gasteiger partial charge in [0.15, 0.2) is 5.11 Å². The first kappa shape index (κ1) is 24.4. The second kappa shape index (κ2) is 10.1. The van der Waals surface area contributed by atoms with Crippen LogP contribution in [-0.2, 0) is 10.0 Å². The topological polar surface area (TPSA) is 87.3 Å². The van der Waals surface area contributed by atoms with Gasteiger partial charge in [0.1, 0.15) is 0 Å². The molecule has 3 rings (SSSR count). The minimum absolute atomic E-state index is 0.117. The fraction of sp³-hybridized carbons (Fsp3) is 0.200. The summed E-state index contributed by atoms with van der Waals surface area (Å²) in [4.78, 5) is 12.5. The Kier molecular flexibility index (Phi) is 7.50. The van der Waals surface area contributed by atoms with Gasteiger partial charge in [0.05, 0.1) is 4.90 Å². The molecular weight excluding hydrogens is 454 g/mol. The Morgan fingerprint density at radius 3 is 2.03 bits per heavy atom. The summed E-state index contributed by atoms with van der Waals surface area (Å²) >= 11 is 5.22. The summed E-state index contributed by atoms with van der Waals surface area (Å²) in [6.07, 6.45) is 0. The number of carbonyl (C=O) groups is 1. The number of benzene rings is 3. The van der Waals surface area contributed by atoms with E-state index in [0.717, 1.165) is 16.7 Å². The van der Waals surface area contributed by atoms with E-state index in [4.69, 9.17) is 12.2 Å². The second-order valence-electron chi connectivity index (χ2n) is 8.11. The molecule has 3 N–H and O–H groups in total. The van der Waals surface area contributed by atoms with Gasteiger partial charge >= 0.3 is 0 Å². The maximum absolute atomic E-state index is 12.7. The van der Waals surface area contributed by atoms with Crippen LogP contribution in [0.5, 0.6) is 0 Å². The summed E-state index contributed by atoms with van der Waals surface area (Å²) in [7, 11) is -3.73. The maximum atomic E-state index is 12.7. The number of thiocarbonyl (C=S) groups is 1. The van der Waals surface area contributed by atoms with Crippen molar-refractivity contribution in [3.63, 3.8) is 0 Å². The summed E-state index contributed by atoms with van der Waals surface area (Å²) < 4.78 is 28.0. The van der Waals surface area contributed by atoms with Gasteiger partial charge in [-0.2, -0.15) is 0 Å². The zero-order valence-electron chi connectivity index (χ0n) is 19.0. The van der Waals surface area contributed by atoms with Crippen LogP contribution in [0.1, 0.15) is 46.8 Å². The zero-order chi connectivity index (χ0) is 24.2. The molecule has 0 aliphatic carbocycles. The summed E-state index contributed by atoms with van der Waals surface area (Å²) in [5, 5.41) is 5.65. The monoisotopic (exact) mass is 481 g/mol. The highest BCUT2D eigenvalue weighted by Gasteiger charge is 2.15. The lowest BCUT2D eigenvalue weighted by Gasteiger charge is -2.12. The standard InChI is InChI=1S/C25H27N3O3S2/c1-16(2)19-6-8-20(9-7-19)24(29)27-25(32)26-21-11-13-23(14-12-21)33(30,31)28-22-10-5-17(3)18(4)15-22/h5-16,28H,1-4H3,(H2,26,27,29,32). The Hall–Kier alpha value is -3.23. The molecule has 0 aromatic heterocycles. The maximum Gasteiger partial charge on any atom is 0.261 e. The van der Waals surface area contributed by atoms with Crippen LogP contribution < -0.4 is 15.4 Å². The van der Waals surface area contributed by atoms with E-state index in [-0.39, 0.29) is 15.9 Å². The highest BCUT2D eigenvalue weighted by atomic mass is 32.2. The van der Waals surface area contributed by atoms with Crippen LogP contribution in [0.2, 0.25) is 0 Å². The van der Waals surface area contributed by atoms with Crippen LogP contribution >= 0.6 is 12.2 Å². The average Bonchev–Trinajstić information content (AvgIpc) is 2.76. The van der Waals surface area contributed by atoms with Gasteiger partial charge < -0.3 is 5.32 Å². The van der Waals surface area contributed by atoms with Gasteiger partial charge in [-0.25, -0.2) is 8.42 Å². The molecule has 0 aliphatic rings. The number of sulfonamides is 1. The number of rotatable bonds is 6. The second-order valence-corrected chi connectivity index (χ2v) is 10.2. The molecule has 3 aromatic carbocycles. The van der Waals surface area contributed by atoms with Crippen LogP contribution in [0.15, 0.2) is 71.6 Å². The summed E-state index contributed by atoms with van der Waals surface area (Å²) in [5.74, 6) is 0.0624. The predicted molar refractivity (Wildman–Crippen MR) is 137 cm³/mol. The Balaban J connectivity index is 1.61. The van der Waals surface area contributed by atoms with Crippen molar-refractivity contribution in [3.05, 3.63) is 89.0 Å². The molecule has 6 nitrogen and oxygen atoms in total. The fourth-order valence-electron chi connectivity index (χ4n) is 3.09. The Labute approximate surface area is 200 Å². The van der Waals surface area contributed by atoms with E-state index in [1.165, 1.54) is 12.1 Å². The van der Waals surface area contributed by atoms with Crippen LogP contribution in [0.3, 0.4) is 0 Å². The molecular formula is C25H27N3O3S2. The van der Waals surface area contributed by atoms with E-state index in [2.05, 4.69) is 29.2 Å². The first-order chi connectivity index (χ1) is 15.5. The van der Waals surface area contributed by atoms with E-state index in [0.29, 0.717) is 22.9 Å². The number of hydrogen-bond donors (Lipinski definition) is 3. The third-order valence-electron chi connectivity index (χ3n) is 5.25. The fourth-order valence-corrected chi connectivity index (χ4v) is 4.35. The minimum Gasteiger partial charge on any atom is -0.332 e. The van der Waals surface area contributed by atoms with Crippen molar-refractivity contribution in [3.8, 4) is 0 Å². The SMILES string of the molecule is Cc1ccc(NS(=O)(=O)c2ccc(NC(=S)NC(=O)c3ccc(C(C)C)cc3)cc2)cc1C. The Morgan fingerprint density at radius 1 is 0.848 bits per heavy atom. The molecule has 0 atom stereocenters. The molecule has 8 heteroatoms. The van der Waals surface area contributed by atoms with Crippen LogP contribution in [0.4, 0.5) is 11.4 Å². The van der Waals surface area contributed by atoms with Crippen molar-refractivity contribution in [2.75, 3.05) is 10.0 Å². The van der Waals surface area contributed by atoms with E-state index in [1.54, 1.807) is 36.4 Å².